The summed E-state index contributed by atoms with van der Waals surface area (Å²) >= 11 is 0. The Morgan fingerprint density at radius 3 is 2.73 bits per heavy atom. The SMILES string of the molecule is O=C=NC1CCCC1C(F)F. The monoisotopic (exact) mass is 161 g/mol. The molecule has 0 aliphatic heterocycles. The van der Waals surface area contributed by atoms with E-state index in [0.717, 1.165) is 6.42 Å². The van der Waals surface area contributed by atoms with Crippen LogP contribution >= 0.6 is 0 Å². The van der Waals surface area contributed by atoms with Gasteiger partial charge >= 0.3 is 0 Å². The number of rotatable bonds is 2. The predicted octanol–water partition coefficient (Wildman–Crippen LogP) is 1.76. The van der Waals surface area contributed by atoms with Crippen LogP contribution in [0.15, 0.2) is 4.99 Å². The van der Waals surface area contributed by atoms with E-state index in [-0.39, 0.29) is 0 Å². The number of halogens is 2. The summed E-state index contributed by atoms with van der Waals surface area (Å²) in [6.45, 7) is 0. The number of alkyl halides is 2. The van der Waals surface area contributed by atoms with Gasteiger partial charge in [0.25, 0.3) is 0 Å². The molecule has 1 saturated carbocycles. The summed E-state index contributed by atoms with van der Waals surface area (Å²) in [7, 11) is 0. The molecular formula is C7H9F2NO. The number of hydrogen-bond acceptors (Lipinski definition) is 2. The van der Waals surface area contributed by atoms with E-state index >= 15 is 0 Å². The number of carbonyl (C=O) groups excluding carboxylic acids is 1. The molecule has 0 radical (unpaired) electrons. The van der Waals surface area contributed by atoms with Gasteiger partial charge in [0.2, 0.25) is 12.5 Å². The maximum absolute atomic E-state index is 12.1. The molecule has 11 heavy (non-hydrogen) atoms. The summed E-state index contributed by atoms with van der Waals surface area (Å²) in [5.74, 6) is -0.712. The molecule has 1 fully saturated rings. The first-order chi connectivity index (χ1) is 5.25. The van der Waals surface area contributed by atoms with Crippen LogP contribution in [0.5, 0.6) is 0 Å². The van der Waals surface area contributed by atoms with Crippen molar-refractivity contribution in [2.24, 2.45) is 10.9 Å². The third-order valence-electron chi connectivity index (χ3n) is 2.07. The molecular weight excluding hydrogens is 152 g/mol. The van der Waals surface area contributed by atoms with Crippen LogP contribution in [0.4, 0.5) is 8.78 Å². The molecule has 1 aliphatic carbocycles. The van der Waals surface area contributed by atoms with E-state index in [4.69, 9.17) is 0 Å². The fourth-order valence-corrected chi connectivity index (χ4v) is 1.49. The van der Waals surface area contributed by atoms with Crippen molar-refractivity contribution in [3.8, 4) is 0 Å². The van der Waals surface area contributed by atoms with Crippen molar-refractivity contribution in [2.45, 2.75) is 31.7 Å². The largest absolute Gasteiger partial charge is 0.243 e. The fourth-order valence-electron chi connectivity index (χ4n) is 1.49. The Morgan fingerprint density at radius 2 is 2.18 bits per heavy atom. The highest BCUT2D eigenvalue weighted by Crippen LogP contribution is 2.32. The van der Waals surface area contributed by atoms with Crippen LogP contribution in [0.2, 0.25) is 0 Å². The van der Waals surface area contributed by atoms with Crippen LogP contribution in [0, 0.1) is 5.92 Å². The third-order valence-corrected chi connectivity index (χ3v) is 2.07. The Balaban J connectivity index is 2.57. The van der Waals surface area contributed by atoms with Crippen molar-refractivity contribution in [3.05, 3.63) is 0 Å². The minimum absolute atomic E-state index is 0.479. The van der Waals surface area contributed by atoms with Crippen LogP contribution in [-0.2, 0) is 4.79 Å². The Bertz CT molecular complexity index is 177. The van der Waals surface area contributed by atoms with Gasteiger partial charge in [-0.2, -0.15) is 0 Å². The molecule has 0 amide bonds. The Labute approximate surface area is 63.3 Å². The molecule has 1 rings (SSSR count). The van der Waals surface area contributed by atoms with Crippen molar-refractivity contribution >= 4 is 6.08 Å². The molecule has 0 N–H and O–H groups in total. The minimum atomic E-state index is -2.35. The van der Waals surface area contributed by atoms with E-state index in [1.165, 1.54) is 6.08 Å². The Morgan fingerprint density at radius 1 is 1.45 bits per heavy atom. The zero-order valence-electron chi connectivity index (χ0n) is 5.96. The standard InChI is InChI=1S/C7H9F2NO/c8-7(9)5-2-1-3-6(5)10-4-11/h5-7H,1-3H2. The van der Waals surface area contributed by atoms with Gasteiger partial charge in [0.05, 0.1) is 6.04 Å². The van der Waals surface area contributed by atoms with Crippen molar-refractivity contribution < 1.29 is 13.6 Å². The average molecular weight is 161 g/mol. The molecule has 0 saturated heterocycles. The number of hydrogen-bond donors (Lipinski definition) is 0. The maximum atomic E-state index is 12.1. The molecule has 2 nitrogen and oxygen atoms in total. The molecule has 0 spiro atoms. The zero-order chi connectivity index (χ0) is 8.27. The highest BCUT2D eigenvalue weighted by Gasteiger charge is 2.33. The van der Waals surface area contributed by atoms with Gasteiger partial charge in [0.1, 0.15) is 0 Å². The summed E-state index contributed by atoms with van der Waals surface area (Å²) < 4.78 is 24.2. The topological polar surface area (TPSA) is 29.4 Å². The van der Waals surface area contributed by atoms with E-state index in [1.54, 1.807) is 0 Å². The number of nitrogens with zero attached hydrogens (tertiary/aromatic N) is 1. The Kier molecular flexibility index (Phi) is 2.71. The third kappa shape index (κ3) is 1.84. The fraction of sp³-hybridized carbons (Fsp3) is 0.857. The van der Waals surface area contributed by atoms with Crippen LogP contribution < -0.4 is 0 Å². The molecule has 1 aliphatic rings. The van der Waals surface area contributed by atoms with Crippen LogP contribution in [0.1, 0.15) is 19.3 Å². The second-order valence-electron chi connectivity index (χ2n) is 2.72. The lowest BCUT2D eigenvalue weighted by Gasteiger charge is -2.11. The first kappa shape index (κ1) is 8.34. The van der Waals surface area contributed by atoms with E-state index < -0.39 is 18.4 Å². The van der Waals surface area contributed by atoms with Gasteiger partial charge in [-0.3, -0.25) is 0 Å². The summed E-state index contributed by atoms with van der Waals surface area (Å²) in [4.78, 5) is 13.1. The summed E-state index contributed by atoms with van der Waals surface area (Å²) in [5.41, 5.74) is 0. The molecule has 0 aromatic heterocycles. The summed E-state index contributed by atoms with van der Waals surface area (Å²) in [6.07, 6.45) is 0.811. The summed E-state index contributed by atoms with van der Waals surface area (Å²) in [6, 6.07) is -0.479. The number of aliphatic imine (C=N–C) groups is 1. The first-order valence-electron chi connectivity index (χ1n) is 3.61. The highest BCUT2D eigenvalue weighted by atomic mass is 19.3. The lowest BCUT2D eigenvalue weighted by atomic mass is 10.1. The lowest BCUT2D eigenvalue weighted by Crippen LogP contribution is -2.19. The molecule has 0 bridgehead atoms. The second-order valence-corrected chi connectivity index (χ2v) is 2.72. The van der Waals surface area contributed by atoms with E-state index in [0.29, 0.717) is 12.8 Å². The second kappa shape index (κ2) is 3.58. The molecule has 0 heterocycles. The quantitative estimate of drug-likeness (QED) is 0.448. The van der Waals surface area contributed by atoms with Gasteiger partial charge in [-0.1, -0.05) is 6.42 Å². The van der Waals surface area contributed by atoms with Crippen molar-refractivity contribution in [3.63, 3.8) is 0 Å². The lowest BCUT2D eigenvalue weighted by molar-refractivity contribution is 0.0732. The van der Waals surface area contributed by atoms with E-state index in [2.05, 4.69) is 4.99 Å². The van der Waals surface area contributed by atoms with Gasteiger partial charge in [-0.15, -0.1) is 0 Å². The van der Waals surface area contributed by atoms with Gasteiger partial charge in [0.15, 0.2) is 0 Å². The average Bonchev–Trinajstić information content (AvgIpc) is 2.36. The van der Waals surface area contributed by atoms with Crippen LogP contribution in [-0.4, -0.2) is 18.5 Å². The highest BCUT2D eigenvalue weighted by molar-refractivity contribution is 5.33. The number of isocyanates is 1. The van der Waals surface area contributed by atoms with Gasteiger partial charge in [-0.05, 0) is 12.8 Å². The minimum Gasteiger partial charge on any atom is -0.211 e. The zero-order valence-corrected chi connectivity index (χ0v) is 5.96. The van der Waals surface area contributed by atoms with Gasteiger partial charge < -0.3 is 0 Å². The smallest absolute Gasteiger partial charge is 0.211 e. The van der Waals surface area contributed by atoms with Crippen molar-refractivity contribution in [1.82, 2.24) is 0 Å². The summed E-state index contributed by atoms with van der Waals surface area (Å²) in [5, 5.41) is 0. The predicted molar refractivity (Wildman–Crippen MR) is 35.3 cm³/mol. The van der Waals surface area contributed by atoms with E-state index in [1.807, 2.05) is 0 Å². The van der Waals surface area contributed by atoms with Gasteiger partial charge in [0, 0.05) is 5.92 Å². The van der Waals surface area contributed by atoms with Crippen LogP contribution in [0.25, 0.3) is 0 Å². The van der Waals surface area contributed by atoms with Gasteiger partial charge in [-0.25, -0.2) is 18.6 Å². The Hall–Kier alpha value is -0.760. The maximum Gasteiger partial charge on any atom is 0.243 e. The van der Waals surface area contributed by atoms with Crippen molar-refractivity contribution in [2.75, 3.05) is 0 Å². The van der Waals surface area contributed by atoms with Crippen molar-refractivity contribution in [1.29, 1.82) is 0 Å². The molecule has 0 aromatic carbocycles. The van der Waals surface area contributed by atoms with E-state index in [9.17, 15) is 13.6 Å². The first-order valence-corrected chi connectivity index (χ1v) is 3.61. The molecule has 2 atom stereocenters. The van der Waals surface area contributed by atoms with Crippen LogP contribution in [0.3, 0.4) is 0 Å². The molecule has 62 valence electrons. The molecule has 4 heteroatoms. The molecule has 0 aromatic rings. The molecule has 2 unspecified atom stereocenters. The normalized spacial score (nSPS) is 30.5.